The summed E-state index contributed by atoms with van der Waals surface area (Å²) in [4.78, 5) is 0. The summed E-state index contributed by atoms with van der Waals surface area (Å²) < 4.78 is 85.4. The van der Waals surface area contributed by atoms with E-state index in [9.17, 15) is 21.6 Å². The first kappa shape index (κ1) is 38.4. The monoisotopic (exact) mass is 644 g/mol. The van der Waals surface area contributed by atoms with Crippen LogP contribution >= 0.6 is 0 Å². The number of alkyl halides is 3. The highest BCUT2D eigenvalue weighted by molar-refractivity contribution is 7.87. The Morgan fingerprint density at radius 1 is 1.00 bits per heavy atom. The Morgan fingerprint density at radius 3 is 2.02 bits per heavy atom. The van der Waals surface area contributed by atoms with Crippen LogP contribution in [0.2, 0.25) is 36.3 Å². The normalized spacial score (nSPS) is 20.3. The molecule has 0 bridgehead atoms. The summed E-state index contributed by atoms with van der Waals surface area (Å²) in [5.41, 5.74) is -4.45. The maximum absolute atomic E-state index is 12.8. The van der Waals surface area contributed by atoms with Gasteiger partial charge in [-0.1, -0.05) is 61.6 Å². The van der Waals surface area contributed by atoms with Gasteiger partial charge in [-0.05, 0) is 80.4 Å². The summed E-state index contributed by atoms with van der Waals surface area (Å²) in [6.45, 7) is 23.2. The number of hydrogen-bond donors (Lipinski definition) is 0. The minimum atomic E-state index is -5.76. The minimum absolute atomic E-state index is 0.103. The van der Waals surface area contributed by atoms with Crippen molar-refractivity contribution in [1.82, 2.24) is 0 Å². The van der Waals surface area contributed by atoms with Crippen LogP contribution in [-0.2, 0) is 27.9 Å². The molecule has 1 rings (SSSR count). The van der Waals surface area contributed by atoms with Gasteiger partial charge in [-0.2, -0.15) is 21.6 Å². The third kappa shape index (κ3) is 11.4. The molecule has 0 saturated carbocycles. The summed E-state index contributed by atoms with van der Waals surface area (Å²) in [5, 5.41) is 0. The Kier molecular flexibility index (Phi) is 15.9. The van der Waals surface area contributed by atoms with E-state index in [4.69, 9.17) is 13.6 Å². The van der Waals surface area contributed by atoms with Crippen molar-refractivity contribution in [2.45, 2.75) is 147 Å². The molecule has 0 aromatic carbocycles. The predicted octanol–water partition coefficient (Wildman–Crippen LogP) is 9.08. The van der Waals surface area contributed by atoms with Gasteiger partial charge in [-0.3, -0.25) is 0 Å². The zero-order valence-corrected chi connectivity index (χ0v) is 29.2. The molecule has 242 valence electrons. The molecule has 0 aromatic rings. The van der Waals surface area contributed by atoms with Gasteiger partial charge in [0.15, 0.2) is 16.6 Å². The van der Waals surface area contributed by atoms with Crippen molar-refractivity contribution in [3.05, 3.63) is 24.5 Å². The first-order chi connectivity index (χ1) is 19.1. The van der Waals surface area contributed by atoms with E-state index in [-0.39, 0.29) is 18.3 Å². The maximum atomic E-state index is 12.8. The van der Waals surface area contributed by atoms with Gasteiger partial charge in [0, 0.05) is 18.6 Å². The molecule has 6 nitrogen and oxygen atoms in total. The molecule has 4 atom stereocenters. The molecule has 0 N–H and O–H groups in total. The third-order valence-corrected chi connectivity index (χ3v) is 19.5. The Hall–Kier alpha value is -0.666. The second-order valence-electron chi connectivity index (χ2n) is 11.5. The van der Waals surface area contributed by atoms with Gasteiger partial charge in [0.2, 0.25) is 0 Å². The standard InChI is InChI=1S/C29H55F3O6SSi2/c1-10-40(11-2,12-3)35-20-16-17-26-22-24(8)28(36-26)19-18-27(38-41(13-4,14-5)15-6)21-23(7)25(9)37-39(33,34)29(30,31)32/h23,26-28H,8-22H2,1-7H3/t23-,26+,27-,28+/m1/s1. The van der Waals surface area contributed by atoms with E-state index in [0.29, 0.717) is 19.3 Å². The maximum Gasteiger partial charge on any atom is 0.534 e. The second kappa shape index (κ2) is 17.0. The molecule has 0 unspecified atom stereocenters. The van der Waals surface area contributed by atoms with Gasteiger partial charge in [0.25, 0.3) is 0 Å². The predicted molar refractivity (Wildman–Crippen MR) is 165 cm³/mol. The van der Waals surface area contributed by atoms with E-state index in [2.05, 4.69) is 58.9 Å². The van der Waals surface area contributed by atoms with Crippen molar-refractivity contribution in [3.8, 4) is 0 Å². The van der Waals surface area contributed by atoms with Crippen molar-refractivity contribution in [1.29, 1.82) is 0 Å². The van der Waals surface area contributed by atoms with Crippen LogP contribution in [-0.4, -0.2) is 55.5 Å². The summed E-state index contributed by atoms with van der Waals surface area (Å²) in [6.07, 6.45) is 3.98. The van der Waals surface area contributed by atoms with Crippen LogP contribution < -0.4 is 0 Å². The Labute approximate surface area is 249 Å². The molecule has 1 aliphatic rings. The molecule has 0 radical (unpaired) electrons. The first-order valence-electron chi connectivity index (χ1n) is 15.4. The smallest absolute Gasteiger partial charge is 0.417 e. The van der Waals surface area contributed by atoms with Crippen LogP contribution in [0.5, 0.6) is 0 Å². The van der Waals surface area contributed by atoms with Crippen molar-refractivity contribution >= 4 is 26.8 Å². The lowest BCUT2D eigenvalue weighted by atomic mass is 9.96. The zero-order chi connectivity index (χ0) is 31.5. The highest BCUT2D eigenvalue weighted by Crippen LogP contribution is 2.35. The van der Waals surface area contributed by atoms with Gasteiger partial charge in [0.05, 0.1) is 12.2 Å². The van der Waals surface area contributed by atoms with Gasteiger partial charge >= 0.3 is 15.6 Å². The fourth-order valence-electron chi connectivity index (χ4n) is 5.61. The van der Waals surface area contributed by atoms with E-state index in [0.717, 1.165) is 67.7 Å². The fourth-order valence-corrected chi connectivity index (χ4v) is 11.8. The van der Waals surface area contributed by atoms with Crippen molar-refractivity contribution in [2.24, 2.45) is 5.92 Å². The first-order valence-corrected chi connectivity index (χ1v) is 21.9. The largest absolute Gasteiger partial charge is 0.534 e. The third-order valence-electron chi connectivity index (χ3n) is 9.08. The van der Waals surface area contributed by atoms with Crippen LogP contribution in [0.1, 0.15) is 87.0 Å². The number of hydrogen-bond acceptors (Lipinski definition) is 6. The molecule has 1 fully saturated rings. The van der Waals surface area contributed by atoms with Gasteiger partial charge < -0.3 is 17.8 Å². The number of halogens is 3. The molecule has 12 heteroatoms. The number of ether oxygens (including phenoxy) is 1. The van der Waals surface area contributed by atoms with Crippen LogP contribution in [0.4, 0.5) is 13.2 Å². The molecule has 1 heterocycles. The lowest BCUT2D eigenvalue weighted by Gasteiger charge is -2.35. The van der Waals surface area contributed by atoms with Gasteiger partial charge in [0.1, 0.15) is 5.76 Å². The van der Waals surface area contributed by atoms with E-state index in [1.807, 2.05) is 0 Å². The molecular formula is C29H55F3O6SSi2. The van der Waals surface area contributed by atoms with Crippen molar-refractivity contribution in [2.75, 3.05) is 6.61 Å². The zero-order valence-electron chi connectivity index (χ0n) is 26.4. The average molecular weight is 645 g/mol. The van der Waals surface area contributed by atoms with E-state index in [1.165, 1.54) is 0 Å². The Bertz CT molecular complexity index is 903. The summed E-state index contributed by atoms with van der Waals surface area (Å²) in [7, 11) is -9.41. The molecule has 1 saturated heterocycles. The van der Waals surface area contributed by atoms with E-state index < -0.39 is 43.9 Å². The van der Waals surface area contributed by atoms with Crippen LogP contribution in [0, 0.1) is 5.92 Å². The molecular weight excluding hydrogens is 590 g/mol. The second-order valence-corrected chi connectivity index (χ2v) is 22.5. The quantitative estimate of drug-likeness (QED) is 0.0310. The highest BCUT2D eigenvalue weighted by Gasteiger charge is 2.49. The number of rotatable bonds is 21. The molecule has 1 aliphatic heterocycles. The van der Waals surface area contributed by atoms with Crippen molar-refractivity contribution < 1.29 is 39.4 Å². The molecule has 0 amide bonds. The molecule has 0 spiro atoms. The van der Waals surface area contributed by atoms with E-state index in [1.54, 1.807) is 6.92 Å². The summed E-state index contributed by atoms with van der Waals surface area (Å²) >= 11 is 0. The molecule has 0 aliphatic carbocycles. The topological polar surface area (TPSA) is 71.1 Å². The van der Waals surface area contributed by atoms with Gasteiger partial charge in [-0.15, -0.1) is 0 Å². The van der Waals surface area contributed by atoms with E-state index >= 15 is 0 Å². The lowest BCUT2D eigenvalue weighted by Crippen LogP contribution is -2.41. The fraction of sp³-hybridized carbons (Fsp3) is 0.862. The molecule has 41 heavy (non-hydrogen) atoms. The van der Waals surface area contributed by atoms with Crippen LogP contribution in [0.15, 0.2) is 24.5 Å². The molecule has 0 aromatic heterocycles. The lowest BCUT2D eigenvalue weighted by molar-refractivity contribution is -0.0527. The average Bonchev–Trinajstić information content (AvgIpc) is 3.28. The summed E-state index contributed by atoms with van der Waals surface area (Å²) in [6, 6.07) is 6.16. The SMILES string of the molecule is C=C(OS(=O)(=O)C(F)(F)F)[C@H](C)C[C@@H](CC[C@@H]1O[C@@H](CCCO[Si](CC)(CC)CC)CC1=C)O[Si](CC)(CC)CC. The van der Waals surface area contributed by atoms with Crippen LogP contribution in [0.3, 0.4) is 0 Å². The summed E-state index contributed by atoms with van der Waals surface area (Å²) in [5.74, 6) is -1.09. The van der Waals surface area contributed by atoms with Crippen LogP contribution in [0.25, 0.3) is 0 Å². The van der Waals surface area contributed by atoms with Crippen molar-refractivity contribution in [3.63, 3.8) is 0 Å². The Balaban J connectivity index is 2.82. The Morgan fingerprint density at radius 2 is 1.54 bits per heavy atom. The van der Waals surface area contributed by atoms with Gasteiger partial charge in [-0.25, -0.2) is 0 Å². The minimum Gasteiger partial charge on any atom is -0.417 e. The number of allylic oxidation sites excluding steroid dienone is 1. The highest BCUT2D eigenvalue weighted by atomic mass is 32.2.